The Labute approximate surface area is 142 Å². The highest BCUT2D eigenvalue weighted by atomic mass is 32.2. The van der Waals surface area contributed by atoms with Gasteiger partial charge < -0.3 is 5.32 Å². The van der Waals surface area contributed by atoms with Crippen molar-refractivity contribution in [1.82, 2.24) is 5.32 Å². The number of carbonyl (C=O) groups is 1. The molecule has 0 saturated heterocycles. The van der Waals surface area contributed by atoms with Gasteiger partial charge in [0, 0.05) is 19.4 Å². The Morgan fingerprint density at radius 3 is 2.58 bits per heavy atom. The van der Waals surface area contributed by atoms with Crippen molar-refractivity contribution in [3.8, 4) is 0 Å². The van der Waals surface area contributed by atoms with Crippen LogP contribution in [0, 0.1) is 0 Å². The van der Waals surface area contributed by atoms with Crippen LogP contribution in [0.2, 0.25) is 0 Å². The van der Waals surface area contributed by atoms with Crippen molar-refractivity contribution in [3.05, 3.63) is 59.7 Å². The zero-order valence-corrected chi connectivity index (χ0v) is 14.5. The van der Waals surface area contributed by atoms with Gasteiger partial charge in [0.05, 0.1) is 9.79 Å². The minimum Gasteiger partial charge on any atom is -0.356 e. The van der Waals surface area contributed by atoms with Crippen molar-refractivity contribution in [3.63, 3.8) is 0 Å². The van der Waals surface area contributed by atoms with Crippen LogP contribution in [-0.4, -0.2) is 20.9 Å². The summed E-state index contributed by atoms with van der Waals surface area (Å²) in [7, 11) is -3.49. The van der Waals surface area contributed by atoms with Crippen molar-refractivity contribution < 1.29 is 13.2 Å². The van der Waals surface area contributed by atoms with Gasteiger partial charge in [-0.3, -0.25) is 4.79 Å². The summed E-state index contributed by atoms with van der Waals surface area (Å²) in [4.78, 5) is 11.8. The largest absolute Gasteiger partial charge is 0.356 e. The SMILES string of the molecule is CC(=O)NC[C@@H]1CCCc2cc(S(=O)(=O)c3ccccc3)ccc21. The number of benzene rings is 2. The lowest BCUT2D eigenvalue weighted by Crippen LogP contribution is -2.28. The molecule has 5 heteroatoms. The van der Waals surface area contributed by atoms with E-state index in [1.54, 1.807) is 42.5 Å². The zero-order valence-electron chi connectivity index (χ0n) is 13.7. The van der Waals surface area contributed by atoms with Crippen LogP contribution in [0.1, 0.15) is 36.8 Å². The van der Waals surface area contributed by atoms with Gasteiger partial charge in [-0.25, -0.2) is 8.42 Å². The van der Waals surface area contributed by atoms with Gasteiger partial charge in [0.15, 0.2) is 0 Å². The molecule has 0 fully saturated rings. The smallest absolute Gasteiger partial charge is 0.216 e. The summed E-state index contributed by atoms with van der Waals surface area (Å²) in [6.07, 6.45) is 2.90. The first kappa shape index (κ1) is 16.7. The van der Waals surface area contributed by atoms with E-state index in [-0.39, 0.29) is 11.8 Å². The summed E-state index contributed by atoms with van der Waals surface area (Å²) < 4.78 is 25.5. The molecule has 0 radical (unpaired) electrons. The number of carbonyl (C=O) groups excluding carboxylic acids is 1. The van der Waals surface area contributed by atoms with E-state index in [9.17, 15) is 13.2 Å². The highest BCUT2D eigenvalue weighted by Crippen LogP contribution is 2.33. The lowest BCUT2D eigenvalue weighted by atomic mass is 9.83. The normalized spacial score (nSPS) is 17.1. The highest BCUT2D eigenvalue weighted by Gasteiger charge is 2.24. The third-order valence-corrected chi connectivity index (χ3v) is 6.28. The molecule has 24 heavy (non-hydrogen) atoms. The fourth-order valence-corrected chi connectivity index (χ4v) is 4.61. The van der Waals surface area contributed by atoms with Gasteiger partial charge in [-0.05, 0) is 54.7 Å². The van der Waals surface area contributed by atoms with Gasteiger partial charge in [0.1, 0.15) is 0 Å². The molecule has 0 unspecified atom stereocenters. The Bertz CT molecular complexity index is 844. The Balaban J connectivity index is 1.93. The van der Waals surface area contributed by atoms with E-state index in [0.29, 0.717) is 16.3 Å². The maximum atomic E-state index is 12.8. The van der Waals surface area contributed by atoms with Gasteiger partial charge in [0.2, 0.25) is 15.7 Å². The fraction of sp³-hybridized carbons (Fsp3) is 0.316. The topological polar surface area (TPSA) is 63.2 Å². The number of amides is 1. The average molecular weight is 343 g/mol. The number of rotatable bonds is 4. The minimum absolute atomic E-state index is 0.0367. The van der Waals surface area contributed by atoms with Gasteiger partial charge in [-0.1, -0.05) is 24.3 Å². The predicted molar refractivity (Wildman–Crippen MR) is 92.7 cm³/mol. The number of hydrogen-bond donors (Lipinski definition) is 1. The van der Waals surface area contributed by atoms with Crippen LogP contribution in [-0.2, 0) is 21.1 Å². The molecule has 1 atom stereocenters. The standard InChI is InChI=1S/C19H21NO3S/c1-14(21)20-13-16-7-5-6-15-12-18(10-11-19(15)16)24(22,23)17-8-3-2-4-9-17/h2-4,8-12,16H,5-7,13H2,1H3,(H,20,21)/t16-/m0/s1. The molecule has 2 aromatic rings. The lowest BCUT2D eigenvalue weighted by Gasteiger charge is -2.26. The summed E-state index contributed by atoms with van der Waals surface area (Å²) >= 11 is 0. The summed E-state index contributed by atoms with van der Waals surface area (Å²) in [5.41, 5.74) is 2.23. The Morgan fingerprint density at radius 1 is 1.12 bits per heavy atom. The molecule has 0 spiro atoms. The van der Waals surface area contributed by atoms with Crippen LogP contribution < -0.4 is 5.32 Å². The van der Waals surface area contributed by atoms with Crippen LogP contribution in [0.15, 0.2) is 58.3 Å². The van der Waals surface area contributed by atoms with E-state index in [2.05, 4.69) is 5.32 Å². The second-order valence-electron chi connectivity index (χ2n) is 6.20. The zero-order chi connectivity index (χ0) is 17.2. The fourth-order valence-electron chi connectivity index (χ4n) is 3.27. The molecule has 126 valence electrons. The van der Waals surface area contributed by atoms with E-state index in [4.69, 9.17) is 0 Å². The molecular formula is C19H21NO3S. The van der Waals surface area contributed by atoms with Gasteiger partial charge >= 0.3 is 0 Å². The van der Waals surface area contributed by atoms with E-state index in [1.165, 1.54) is 6.92 Å². The van der Waals surface area contributed by atoms with Gasteiger partial charge in [-0.15, -0.1) is 0 Å². The molecule has 1 amide bonds. The highest BCUT2D eigenvalue weighted by molar-refractivity contribution is 7.91. The number of sulfone groups is 1. The molecule has 3 rings (SSSR count). The number of fused-ring (bicyclic) bond motifs is 1. The summed E-state index contributed by atoms with van der Waals surface area (Å²) in [5.74, 6) is 0.219. The van der Waals surface area contributed by atoms with E-state index in [0.717, 1.165) is 30.4 Å². The monoisotopic (exact) mass is 343 g/mol. The summed E-state index contributed by atoms with van der Waals surface area (Å²) in [6.45, 7) is 2.12. The molecule has 0 aliphatic heterocycles. The maximum absolute atomic E-state index is 12.8. The van der Waals surface area contributed by atoms with Crippen LogP contribution in [0.3, 0.4) is 0 Å². The van der Waals surface area contributed by atoms with Crippen molar-refractivity contribution in [1.29, 1.82) is 0 Å². The van der Waals surface area contributed by atoms with Crippen LogP contribution in [0.4, 0.5) is 0 Å². The number of aryl methyl sites for hydroxylation is 1. The molecule has 0 aromatic heterocycles. The van der Waals surface area contributed by atoms with Crippen LogP contribution in [0.25, 0.3) is 0 Å². The molecule has 0 bridgehead atoms. The lowest BCUT2D eigenvalue weighted by molar-refractivity contribution is -0.119. The Morgan fingerprint density at radius 2 is 1.88 bits per heavy atom. The molecule has 0 heterocycles. The molecule has 4 nitrogen and oxygen atoms in total. The van der Waals surface area contributed by atoms with Gasteiger partial charge in [0.25, 0.3) is 0 Å². The maximum Gasteiger partial charge on any atom is 0.216 e. The van der Waals surface area contributed by atoms with Crippen molar-refractivity contribution in [2.24, 2.45) is 0 Å². The molecule has 1 aliphatic rings. The van der Waals surface area contributed by atoms with Crippen LogP contribution >= 0.6 is 0 Å². The molecular weight excluding hydrogens is 322 g/mol. The molecule has 1 N–H and O–H groups in total. The second kappa shape index (κ2) is 6.77. The van der Waals surface area contributed by atoms with E-state index < -0.39 is 9.84 Å². The minimum atomic E-state index is -3.49. The van der Waals surface area contributed by atoms with E-state index >= 15 is 0 Å². The molecule has 1 aliphatic carbocycles. The van der Waals surface area contributed by atoms with Crippen molar-refractivity contribution >= 4 is 15.7 Å². The van der Waals surface area contributed by atoms with E-state index in [1.807, 2.05) is 6.07 Å². The first-order chi connectivity index (χ1) is 11.5. The molecule has 0 saturated carbocycles. The summed E-state index contributed by atoms with van der Waals surface area (Å²) in [5, 5.41) is 2.87. The number of nitrogens with one attached hydrogen (secondary N) is 1. The quantitative estimate of drug-likeness (QED) is 0.928. The first-order valence-electron chi connectivity index (χ1n) is 8.16. The Hall–Kier alpha value is -2.14. The molecule has 2 aromatic carbocycles. The third-order valence-electron chi connectivity index (χ3n) is 4.51. The summed E-state index contributed by atoms with van der Waals surface area (Å²) in [6, 6.07) is 13.9. The second-order valence-corrected chi connectivity index (χ2v) is 8.15. The van der Waals surface area contributed by atoms with Crippen molar-refractivity contribution in [2.45, 2.75) is 41.9 Å². The third kappa shape index (κ3) is 3.36. The number of hydrogen-bond acceptors (Lipinski definition) is 3. The van der Waals surface area contributed by atoms with Gasteiger partial charge in [-0.2, -0.15) is 0 Å². The van der Waals surface area contributed by atoms with Crippen LogP contribution in [0.5, 0.6) is 0 Å². The Kier molecular flexibility index (Phi) is 4.71. The predicted octanol–water partition coefficient (Wildman–Crippen LogP) is 3.08. The van der Waals surface area contributed by atoms with Crippen molar-refractivity contribution in [2.75, 3.05) is 6.54 Å². The average Bonchev–Trinajstić information content (AvgIpc) is 2.60. The first-order valence-corrected chi connectivity index (χ1v) is 9.64.